The molecule has 2 aromatic carbocycles. The number of nitrogens with zero attached hydrogens (tertiary/aromatic N) is 3. The first-order valence-electron chi connectivity index (χ1n) is 6.68. The third-order valence-corrected chi connectivity index (χ3v) is 3.70. The van der Waals surface area contributed by atoms with E-state index < -0.39 is 0 Å². The van der Waals surface area contributed by atoms with E-state index in [1.165, 1.54) is 0 Å². The highest BCUT2D eigenvalue weighted by Gasteiger charge is 2.17. The average Bonchev–Trinajstić information content (AvgIpc) is 2.54. The van der Waals surface area contributed by atoms with Crippen molar-refractivity contribution < 1.29 is 0 Å². The summed E-state index contributed by atoms with van der Waals surface area (Å²) in [6, 6.07) is 16.3. The Morgan fingerprint density at radius 1 is 0.870 bits per heavy atom. The zero-order valence-corrected chi connectivity index (χ0v) is 13.3. The quantitative estimate of drug-likeness (QED) is 0.741. The van der Waals surface area contributed by atoms with Gasteiger partial charge in [-0.15, -0.1) is 0 Å². The number of nitriles is 1. The van der Waals surface area contributed by atoms with Crippen LogP contribution in [0, 0.1) is 11.3 Å². The maximum absolute atomic E-state index is 9.61. The van der Waals surface area contributed by atoms with Crippen LogP contribution < -0.4 is 5.73 Å². The van der Waals surface area contributed by atoms with Gasteiger partial charge in [0.15, 0.2) is 0 Å². The first-order chi connectivity index (χ1) is 11.1. The van der Waals surface area contributed by atoms with Gasteiger partial charge in [-0.1, -0.05) is 47.5 Å². The fourth-order valence-corrected chi connectivity index (χ4v) is 2.65. The summed E-state index contributed by atoms with van der Waals surface area (Å²) in [4.78, 5) is 8.43. The van der Waals surface area contributed by atoms with E-state index in [0.717, 1.165) is 0 Å². The Hall–Kier alpha value is -2.61. The molecule has 0 unspecified atom stereocenters. The lowest BCUT2D eigenvalue weighted by Crippen LogP contribution is -2.03. The maximum atomic E-state index is 9.61. The van der Waals surface area contributed by atoms with Crippen molar-refractivity contribution in [2.24, 2.45) is 0 Å². The molecule has 1 heterocycles. The van der Waals surface area contributed by atoms with Crippen LogP contribution in [0.2, 0.25) is 10.0 Å². The molecule has 0 saturated carbocycles. The molecule has 6 heteroatoms. The molecule has 0 fully saturated rings. The SMILES string of the molecule is N#Cc1c(-c2cccc(Cl)c2)nc(N)nc1-c1cccc(Cl)c1. The minimum atomic E-state index is 0.0777. The highest BCUT2D eigenvalue weighted by Crippen LogP contribution is 2.31. The van der Waals surface area contributed by atoms with Crippen LogP contribution in [-0.4, -0.2) is 9.97 Å². The van der Waals surface area contributed by atoms with Gasteiger partial charge in [-0.3, -0.25) is 0 Å². The molecule has 0 atom stereocenters. The number of hydrogen-bond acceptors (Lipinski definition) is 4. The predicted octanol–water partition coefficient (Wildman–Crippen LogP) is 4.57. The summed E-state index contributed by atoms with van der Waals surface area (Å²) in [5, 5.41) is 10.7. The van der Waals surface area contributed by atoms with E-state index in [4.69, 9.17) is 28.9 Å². The Labute approximate surface area is 143 Å². The molecule has 3 rings (SSSR count). The van der Waals surface area contributed by atoms with E-state index in [2.05, 4.69) is 16.0 Å². The number of rotatable bonds is 2. The third-order valence-electron chi connectivity index (χ3n) is 3.23. The molecule has 3 aromatic rings. The number of benzene rings is 2. The third kappa shape index (κ3) is 3.11. The van der Waals surface area contributed by atoms with E-state index in [9.17, 15) is 5.26 Å². The molecule has 0 aliphatic heterocycles. The molecule has 0 spiro atoms. The summed E-state index contributed by atoms with van der Waals surface area (Å²) in [5.41, 5.74) is 8.44. The van der Waals surface area contributed by atoms with Crippen LogP contribution in [0.5, 0.6) is 0 Å². The zero-order valence-electron chi connectivity index (χ0n) is 11.8. The normalized spacial score (nSPS) is 10.3. The Morgan fingerprint density at radius 3 is 1.74 bits per heavy atom. The Balaban J connectivity index is 2.29. The second-order valence-corrected chi connectivity index (χ2v) is 5.66. The Bertz CT molecular complexity index is 865. The summed E-state index contributed by atoms with van der Waals surface area (Å²) >= 11 is 12.1. The molecule has 0 bridgehead atoms. The van der Waals surface area contributed by atoms with Crippen LogP contribution >= 0.6 is 23.2 Å². The first kappa shape index (κ1) is 15.3. The van der Waals surface area contributed by atoms with E-state index in [0.29, 0.717) is 38.1 Å². The minimum Gasteiger partial charge on any atom is -0.368 e. The van der Waals surface area contributed by atoms with Crippen LogP contribution in [0.15, 0.2) is 48.5 Å². The smallest absolute Gasteiger partial charge is 0.221 e. The molecule has 0 saturated heterocycles. The van der Waals surface area contributed by atoms with Crippen molar-refractivity contribution in [1.82, 2.24) is 9.97 Å². The summed E-state index contributed by atoms with van der Waals surface area (Å²) < 4.78 is 0. The standard InChI is InChI=1S/C17H10Cl2N4/c18-12-5-1-3-10(7-12)15-14(9-20)16(23-17(21)22-15)11-4-2-6-13(19)8-11/h1-8H,(H2,21,22,23). The van der Waals surface area contributed by atoms with Crippen molar-refractivity contribution in [3.8, 4) is 28.6 Å². The Kier molecular flexibility index (Phi) is 4.16. The van der Waals surface area contributed by atoms with Crippen molar-refractivity contribution in [1.29, 1.82) is 5.26 Å². The number of aromatic nitrogens is 2. The molecule has 0 amide bonds. The summed E-state index contributed by atoms with van der Waals surface area (Å²) in [6.45, 7) is 0. The highest BCUT2D eigenvalue weighted by atomic mass is 35.5. The van der Waals surface area contributed by atoms with Gasteiger partial charge in [0.25, 0.3) is 0 Å². The van der Waals surface area contributed by atoms with E-state index in [1.54, 1.807) is 36.4 Å². The lowest BCUT2D eigenvalue weighted by molar-refractivity contribution is 1.18. The van der Waals surface area contributed by atoms with Crippen LogP contribution in [-0.2, 0) is 0 Å². The van der Waals surface area contributed by atoms with Gasteiger partial charge in [0.1, 0.15) is 11.6 Å². The number of anilines is 1. The molecule has 0 radical (unpaired) electrons. The van der Waals surface area contributed by atoms with Gasteiger partial charge in [-0.05, 0) is 24.3 Å². The fourth-order valence-electron chi connectivity index (χ4n) is 2.27. The number of nitrogen functional groups attached to an aromatic ring is 1. The Morgan fingerprint density at radius 2 is 1.35 bits per heavy atom. The van der Waals surface area contributed by atoms with Gasteiger partial charge in [0.2, 0.25) is 5.95 Å². The number of halogens is 2. The van der Waals surface area contributed by atoms with Gasteiger partial charge in [-0.2, -0.15) is 5.26 Å². The van der Waals surface area contributed by atoms with Crippen LogP contribution in [0.3, 0.4) is 0 Å². The molecule has 0 aliphatic rings. The monoisotopic (exact) mass is 340 g/mol. The van der Waals surface area contributed by atoms with Gasteiger partial charge in [-0.25, -0.2) is 9.97 Å². The lowest BCUT2D eigenvalue weighted by atomic mass is 10.0. The van der Waals surface area contributed by atoms with Crippen LogP contribution in [0.25, 0.3) is 22.5 Å². The van der Waals surface area contributed by atoms with Gasteiger partial charge >= 0.3 is 0 Å². The predicted molar refractivity (Wildman–Crippen MR) is 92.1 cm³/mol. The second kappa shape index (κ2) is 6.25. The van der Waals surface area contributed by atoms with Gasteiger partial charge in [0.05, 0.1) is 11.4 Å². The molecular formula is C17H10Cl2N4. The summed E-state index contributed by atoms with van der Waals surface area (Å²) in [7, 11) is 0. The molecule has 23 heavy (non-hydrogen) atoms. The minimum absolute atomic E-state index is 0.0777. The molecule has 2 N–H and O–H groups in total. The molecule has 0 aliphatic carbocycles. The average molecular weight is 341 g/mol. The molecule has 4 nitrogen and oxygen atoms in total. The van der Waals surface area contributed by atoms with Crippen molar-refractivity contribution in [3.05, 3.63) is 64.1 Å². The zero-order chi connectivity index (χ0) is 16.4. The number of nitrogens with two attached hydrogens (primary N) is 1. The van der Waals surface area contributed by atoms with E-state index in [-0.39, 0.29) is 5.95 Å². The maximum Gasteiger partial charge on any atom is 0.221 e. The number of hydrogen-bond donors (Lipinski definition) is 1. The molecule has 112 valence electrons. The summed E-state index contributed by atoms with van der Waals surface area (Å²) in [5.74, 6) is 0.0777. The van der Waals surface area contributed by atoms with Gasteiger partial charge < -0.3 is 5.73 Å². The van der Waals surface area contributed by atoms with E-state index >= 15 is 0 Å². The second-order valence-electron chi connectivity index (χ2n) is 4.79. The highest BCUT2D eigenvalue weighted by molar-refractivity contribution is 6.31. The topological polar surface area (TPSA) is 75.6 Å². The lowest BCUT2D eigenvalue weighted by Gasteiger charge is -2.10. The van der Waals surface area contributed by atoms with E-state index in [1.807, 2.05) is 12.1 Å². The van der Waals surface area contributed by atoms with Crippen molar-refractivity contribution in [2.45, 2.75) is 0 Å². The van der Waals surface area contributed by atoms with Crippen LogP contribution in [0.1, 0.15) is 5.56 Å². The first-order valence-corrected chi connectivity index (χ1v) is 7.43. The van der Waals surface area contributed by atoms with Crippen LogP contribution in [0.4, 0.5) is 5.95 Å². The summed E-state index contributed by atoms with van der Waals surface area (Å²) in [6.07, 6.45) is 0. The molecule has 1 aromatic heterocycles. The fraction of sp³-hybridized carbons (Fsp3) is 0. The van der Waals surface area contributed by atoms with Crippen molar-refractivity contribution >= 4 is 29.2 Å². The van der Waals surface area contributed by atoms with Crippen molar-refractivity contribution in [2.75, 3.05) is 5.73 Å². The molecular weight excluding hydrogens is 331 g/mol. The van der Waals surface area contributed by atoms with Gasteiger partial charge in [0, 0.05) is 21.2 Å². The largest absolute Gasteiger partial charge is 0.368 e. The van der Waals surface area contributed by atoms with Crippen molar-refractivity contribution in [3.63, 3.8) is 0 Å².